The standard InChI is InChI=1S/C44H34N2/c1-43(2)35-20-9-7-18-34(35)41-40(33-23-24-45-26-37(33)43)39-29(19-12-21-36(39)44(41,3)4)27-13-11-14-28(25-27)42-32-17-6-5-15-30(32)31-16-8-10-22-38(31)46-42/h5-26H,1-4H3. The third-order valence-corrected chi connectivity index (χ3v) is 10.6. The van der Waals surface area contributed by atoms with Crippen LogP contribution in [0.25, 0.3) is 55.2 Å². The highest BCUT2D eigenvalue weighted by molar-refractivity contribution is 6.13. The lowest BCUT2D eigenvalue weighted by Crippen LogP contribution is -2.23. The van der Waals surface area contributed by atoms with Gasteiger partial charge in [-0.3, -0.25) is 4.98 Å². The molecule has 0 atom stereocenters. The van der Waals surface area contributed by atoms with Gasteiger partial charge in [0.25, 0.3) is 0 Å². The molecule has 2 aromatic heterocycles. The Labute approximate surface area is 270 Å². The van der Waals surface area contributed by atoms with Crippen molar-refractivity contribution in [2.75, 3.05) is 0 Å². The van der Waals surface area contributed by atoms with E-state index in [1.165, 1.54) is 71.8 Å². The van der Waals surface area contributed by atoms with Gasteiger partial charge in [0.05, 0.1) is 11.2 Å². The molecule has 2 heteroatoms. The Morgan fingerprint density at radius 2 is 1.17 bits per heavy atom. The van der Waals surface area contributed by atoms with Crippen LogP contribution in [0, 0.1) is 0 Å². The van der Waals surface area contributed by atoms with E-state index >= 15 is 0 Å². The van der Waals surface area contributed by atoms with Gasteiger partial charge in [-0.2, -0.15) is 0 Å². The van der Waals surface area contributed by atoms with Crippen molar-refractivity contribution in [3.63, 3.8) is 0 Å². The van der Waals surface area contributed by atoms with E-state index in [0.29, 0.717) is 0 Å². The van der Waals surface area contributed by atoms with Crippen LogP contribution in [-0.2, 0) is 10.8 Å². The summed E-state index contributed by atoms with van der Waals surface area (Å²) in [5, 5.41) is 3.59. The van der Waals surface area contributed by atoms with Crippen LogP contribution in [0.4, 0.5) is 0 Å². The summed E-state index contributed by atoms with van der Waals surface area (Å²) in [7, 11) is 0. The zero-order valence-electron chi connectivity index (χ0n) is 26.6. The van der Waals surface area contributed by atoms with Crippen molar-refractivity contribution in [3.05, 3.63) is 167 Å². The minimum absolute atomic E-state index is 0.189. The third kappa shape index (κ3) is 3.64. The Bertz CT molecular complexity index is 2420. The number of rotatable bonds is 2. The fourth-order valence-corrected chi connectivity index (χ4v) is 8.36. The van der Waals surface area contributed by atoms with Crippen molar-refractivity contribution in [1.29, 1.82) is 0 Å². The van der Waals surface area contributed by atoms with Crippen molar-refractivity contribution in [2.24, 2.45) is 0 Å². The molecule has 0 spiro atoms. The van der Waals surface area contributed by atoms with Crippen LogP contribution in [0.2, 0.25) is 0 Å². The Kier molecular flexibility index (Phi) is 5.63. The topological polar surface area (TPSA) is 25.8 Å². The van der Waals surface area contributed by atoms with Gasteiger partial charge in [-0.05, 0) is 79.2 Å². The first kappa shape index (κ1) is 27.0. The summed E-state index contributed by atoms with van der Waals surface area (Å²) in [5.74, 6) is 0. The molecule has 0 aliphatic heterocycles. The lowest BCUT2D eigenvalue weighted by atomic mass is 9.72. The summed E-state index contributed by atoms with van der Waals surface area (Å²) in [6.07, 6.45) is 4.05. The molecule has 2 aliphatic rings. The smallest absolute Gasteiger partial charge is 0.0788 e. The highest BCUT2D eigenvalue weighted by Gasteiger charge is 2.45. The number of hydrogen-bond acceptors (Lipinski definition) is 2. The molecule has 0 amide bonds. The maximum absolute atomic E-state index is 5.24. The zero-order valence-corrected chi connectivity index (χ0v) is 26.6. The molecule has 9 rings (SSSR count). The fraction of sp³-hybridized carbons (Fsp3) is 0.136. The van der Waals surface area contributed by atoms with Gasteiger partial charge in [0.15, 0.2) is 0 Å². The van der Waals surface area contributed by atoms with Crippen molar-refractivity contribution in [2.45, 2.75) is 38.5 Å². The fourth-order valence-electron chi connectivity index (χ4n) is 8.36. The van der Waals surface area contributed by atoms with Crippen molar-refractivity contribution >= 4 is 32.8 Å². The van der Waals surface area contributed by atoms with Gasteiger partial charge in [0, 0.05) is 39.6 Å². The summed E-state index contributed by atoms with van der Waals surface area (Å²) in [4.78, 5) is 9.89. The van der Waals surface area contributed by atoms with Gasteiger partial charge in [0.2, 0.25) is 0 Å². The number of pyridine rings is 2. The molecule has 0 bridgehead atoms. The summed E-state index contributed by atoms with van der Waals surface area (Å²) in [6, 6.07) is 44.2. The Morgan fingerprint density at radius 1 is 0.500 bits per heavy atom. The lowest BCUT2D eigenvalue weighted by molar-refractivity contribution is 0.631. The maximum Gasteiger partial charge on any atom is 0.0788 e. The first-order valence-corrected chi connectivity index (χ1v) is 16.2. The second-order valence-corrected chi connectivity index (χ2v) is 13.8. The van der Waals surface area contributed by atoms with E-state index in [1.807, 2.05) is 6.20 Å². The number of para-hydroxylation sites is 1. The molecule has 46 heavy (non-hydrogen) atoms. The van der Waals surface area contributed by atoms with Gasteiger partial charge < -0.3 is 0 Å². The number of nitrogens with zero attached hydrogens (tertiary/aromatic N) is 2. The van der Waals surface area contributed by atoms with E-state index in [2.05, 4.69) is 160 Å². The highest BCUT2D eigenvalue weighted by Crippen LogP contribution is 2.59. The van der Waals surface area contributed by atoms with Crippen LogP contribution < -0.4 is 0 Å². The molecule has 0 saturated heterocycles. The summed E-state index contributed by atoms with van der Waals surface area (Å²) in [5.41, 5.74) is 15.9. The number of benzene rings is 5. The molecule has 5 aromatic carbocycles. The molecule has 0 N–H and O–H groups in total. The first-order valence-electron chi connectivity index (χ1n) is 16.2. The van der Waals surface area contributed by atoms with Crippen LogP contribution in [0.3, 0.4) is 0 Å². The van der Waals surface area contributed by atoms with Gasteiger partial charge in [-0.25, -0.2) is 4.98 Å². The molecule has 0 unspecified atom stereocenters. The Balaban J connectivity index is 1.33. The zero-order chi connectivity index (χ0) is 31.2. The monoisotopic (exact) mass is 590 g/mol. The van der Waals surface area contributed by atoms with E-state index in [1.54, 1.807) is 0 Å². The molecule has 0 saturated carbocycles. The largest absolute Gasteiger partial charge is 0.264 e. The van der Waals surface area contributed by atoms with Gasteiger partial charge in [0.1, 0.15) is 0 Å². The third-order valence-electron chi connectivity index (χ3n) is 10.6. The van der Waals surface area contributed by atoms with Crippen LogP contribution in [0.5, 0.6) is 0 Å². The minimum atomic E-state index is -0.196. The molecule has 7 aromatic rings. The molecule has 2 heterocycles. The molecule has 0 radical (unpaired) electrons. The average molecular weight is 591 g/mol. The normalized spacial score (nSPS) is 15.7. The molecule has 2 nitrogen and oxygen atoms in total. The van der Waals surface area contributed by atoms with Crippen LogP contribution in [-0.4, -0.2) is 9.97 Å². The summed E-state index contributed by atoms with van der Waals surface area (Å²) >= 11 is 0. The number of allylic oxidation sites excluding steroid dienone is 1. The van der Waals surface area contributed by atoms with E-state index in [0.717, 1.165) is 16.8 Å². The second kappa shape index (κ2) is 9.58. The predicted molar refractivity (Wildman–Crippen MR) is 192 cm³/mol. The molecule has 2 aliphatic carbocycles. The summed E-state index contributed by atoms with van der Waals surface area (Å²) < 4.78 is 0. The number of hydrogen-bond donors (Lipinski definition) is 0. The SMILES string of the molecule is CC1(C)C2=C(c3ccncc3C(C)(C)c3ccccc32)c2c(-c3cccc(-c4nc5ccccc5c5ccccc45)c3)cccc21. The average Bonchev–Trinajstić information content (AvgIpc) is 3.29. The van der Waals surface area contributed by atoms with E-state index < -0.39 is 0 Å². The quantitative estimate of drug-likeness (QED) is 0.187. The molecule has 220 valence electrons. The van der Waals surface area contributed by atoms with Crippen molar-refractivity contribution in [3.8, 4) is 22.4 Å². The van der Waals surface area contributed by atoms with E-state index in [4.69, 9.17) is 4.98 Å². The second-order valence-electron chi connectivity index (χ2n) is 13.8. The Hall–Kier alpha value is -5.34. The van der Waals surface area contributed by atoms with Gasteiger partial charge >= 0.3 is 0 Å². The molecular formula is C44H34N2. The molecule has 0 fully saturated rings. The van der Waals surface area contributed by atoms with Crippen molar-refractivity contribution in [1.82, 2.24) is 9.97 Å². The van der Waals surface area contributed by atoms with E-state index in [9.17, 15) is 0 Å². The Morgan fingerprint density at radius 3 is 2.04 bits per heavy atom. The van der Waals surface area contributed by atoms with Gasteiger partial charge in [-0.15, -0.1) is 0 Å². The van der Waals surface area contributed by atoms with E-state index in [-0.39, 0.29) is 10.8 Å². The first-order chi connectivity index (χ1) is 22.4. The van der Waals surface area contributed by atoms with Gasteiger partial charge in [-0.1, -0.05) is 131 Å². The number of aromatic nitrogens is 2. The predicted octanol–water partition coefficient (Wildman–Crippen LogP) is 11.0. The van der Waals surface area contributed by atoms with Crippen LogP contribution in [0.1, 0.15) is 61.1 Å². The number of fused-ring (bicyclic) bond motifs is 9. The van der Waals surface area contributed by atoms with Crippen LogP contribution in [0.15, 0.2) is 134 Å². The molecular weight excluding hydrogens is 556 g/mol. The maximum atomic E-state index is 5.24. The van der Waals surface area contributed by atoms with Crippen LogP contribution >= 0.6 is 0 Å². The van der Waals surface area contributed by atoms with Crippen molar-refractivity contribution < 1.29 is 0 Å². The highest BCUT2D eigenvalue weighted by atomic mass is 14.7. The minimum Gasteiger partial charge on any atom is -0.264 e. The lowest BCUT2D eigenvalue weighted by Gasteiger charge is -2.31. The summed E-state index contributed by atoms with van der Waals surface area (Å²) in [6.45, 7) is 9.49.